The van der Waals surface area contributed by atoms with Crippen molar-refractivity contribution < 1.29 is 14.5 Å². The molecular formula is C18H20N4O4. The second kappa shape index (κ2) is 8.11. The number of benzene rings is 2. The number of nitro groups is 1. The molecule has 0 aliphatic heterocycles. The standard InChI is InChI=1S/C18H20N4O4/c1-12-15(8-5-9-16(12)22(25)26)20-17(23)11-19-14-7-4-6-13(10-14)18(24)21(2)3/h4-10,19H,11H2,1-3H3,(H,20,23). The molecule has 0 heterocycles. The van der Waals surface area contributed by atoms with Gasteiger partial charge in [0, 0.05) is 31.4 Å². The fourth-order valence-electron chi connectivity index (χ4n) is 2.35. The van der Waals surface area contributed by atoms with Gasteiger partial charge in [0.25, 0.3) is 11.6 Å². The third-order valence-corrected chi connectivity index (χ3v) is 3.74. The molecule has 2 amide bonds. The summed E-state index contributed by atoms with van der Waals surface area (Å²) in [6.45, 7) is 1.54. The molecule has 0 aliphatic carbocycles. The van der Waals surface area contributed by atoms with Gasteiger partial charge in [0.15, 0.2) is 0 Å². The number of nitrogens with zero attached hydrogens (tertiary/aromatic N) is 2. The molecule has 2 aromatic carbocycles. The van der Waals surface area contributed by atoms with Crippen LogP contribution in [-0.4, -0.2) is 42.3 Å². The minimum Gasteiger partial charge on any atom is -0.376 e. The molecule has 0 unspecified atom stereocenters. The molecule has 0 saturated carbocycles. The van der Waals surface area contributed by atoms with Crippen molar-refractivity contribution in [1.29, 1.82) is 0 Å². The first-order valence-electron chi connectivity index (χ1n) is 7.89. The van der Waals surface area contributed by atoms with Gasteiger partial charge < -0.3 is 15.5 Å². The summed E-state index contributed by atoms with van der Waals surface area (Å²) in [5, 5.41) is 16.5. The minimum atomic E-state index is -0.490. The van der Waals surface area contributed by atoms with Crippen LogP contribution in [-0.2, 0) is 4.79 Å². The number of amides is 2. The molecule has 2 N–H and O–H groups in total. The van der Waals surface area contributed by atoms with Crippen molar-refractivity contribution in [3.05, 3.63) is 63.7 Å². The van der Waals surface area contributed by atoms with Crippen LogP contribution in [0.2, 0.25) is 0 Å². The lowest BCUT2D eigenvalue weighted by Gasteiger charge is -2.12. The van der Waals surface area contributed by atoms with Gasteiger partial charge in [-0.3, -0.25) is 19.7 Å². The van der Waals surface area contributed by atoms with Crippen LogP contribution in [0.1, 0.15) is 15.9 Å². The van der Waals surface area contributed by atoms with E-state index in [0.717, 1.165) is 0 Å². The zero-order valence-corrected chi connectivity index (χ0v) is 14.8. The first kappa shape index (κ1) is 18.9. The van der Waals surface area contributed by atoms with Gasteiger partial charge in [-0.1, -0.05) is 12.1 Å². The zero-order valence-electron chi connectivity index (χ0n) is 14.8. The summed E-state index contributed by atoms with van der Waals surface area (Å²) in [7, 11) is 3.33. The van der Waals surface area contributed by atoms with Gasteiger partial charge in [0.2, 0.25) is 5.91 Å². The quantitative estimate of drug-likeness (QED) is 0.611. The van der Waals surface area contributed by atoms with Crippen molar-refractivity contribution in [3.63, 3.8) is 0 Å². The second-order valence-electron chi connectivity index (χ2n) is 5.89. The van der Waals surface area contributed by atoms with E-state index in [-0.39, 0.29) is 24.0 Å². The van der Waals surface area contributed by atoms with E-state index in [0.29, 0.717) is 22.5 Å². The fourth-order valence-corrected chi connectivity index (χ4v) is 2.35. The number of carbonyl (C=O) groups excluding carboxylic acids is 2. The maximum atomic E-state index is 12.1. The molecule has 0 spiro atoms. The summed E-state index contributed by atoms with van der Waals surface area (Å²) >= 11 is 0. The van der Waals surface area contributed by atoms with Crippen molar-refractivity contribution in [2.75, 3.05) is 31.3 Å². The van der Waals surface area contributed by atoms with Crippen LogP contribution >= 0.6 is 0 Å². The molecule has 0 aromatic heterocycles. The molecule has 0 aliphatic rings. The molecule has 0 saturated heterocycles. The topological polar surface area (TPSA) is 105 Å². The van der Waals surface area contributed by atoms with Crippen LogP contribution in [0.3, 0.4) is 0 Å². The van der Waals surface area contributed by atoms with E-state index < -0.39 is 4.92 Å². The van der Waals surface area contributed by atoms with E-state index in [1.807, 2.05) is 0 Å². The highest BCUT2D eigenvalue weighted by Crippen LogP contribution is 2.24. The van der Waals surface area contributed by atoms with E-state index >= 15 is 0 Å². The Balaban J connectivity index is 2.02. The van der Waals surface area contributed by atoms with Crippen molar-refractivity contribution in [2.45, 2.75) is 6.92 Å². The van der Waals surface area contributed by atoms with Crippen molar-refractivity contribution in [3.8, 4) is 0 Å². The summed E-state index contributed by atoms with van der Waals surface area (Å²) in [6.07, 6.45) is 0. The van der Waals surface area contributed by atoms with Gasteiger partial charge >= 0.3 is 0 Å². The number of nitrogens with one attached hydrogen (secondary N) is 2. The number of anilines is 2. The van der Waals surface area contributed by atoms with Crippen LogP contribution in [0.25, 0.3) is 0 Å². The van der Waals surface area contributed by atoms with Gasteiger partial charge in [-0.2, -0.15) is 0 Å². The van der Waals surface area contributed by atoms with Crippen LogP contribution < -0.4 is 10.6 Å². The lowest BCUT2D eigenvalue weighted by molar-refractivity contribution is -0.385. The number of carbonyl (C=O) groups is 2. The third-order valence-electron chi connectivity index (χ3n) is 3.74. The molecule has 0 radical (unpaired) electrons. The number of hydrogen-bond acceptors (Lipinski definition) is 5. The van der Waals surface area contributed by atoms with E-state index in [1.165, 1.54) is 17.0 Å². The molecule has 26 heavy (non-hydrogen) atoms. The normalized spacial score (nSPS) is 10.1. The Kier molecular flexibility index (Phi) is 5.90. The molecule has 136 valence electrons. The van der Waals surface area contributed by atoms with E-state index in [9.17, 15) is 19.7 Å². The monoisotopic (exact) mass is 356 g/mol. The number of hydrogen-bond donors (Lipinski definition) is 2. The van der Waals surface area contributed by atoms with Gasteiger partial charge in [0.1, 0.15) is 0 Å². The Labute approximate surface area is 151 Å². The Morgan fingerprint density at radius 3 is 2.50 bits per heavy atom. The highest BCUT2D eigenvalue weighted by atomic mass is 16.6. The van der Waals surface area contributed by atoms with Crippen molar-refractivity contribution in [2.24, 2.45) is 0 Å². The van der Waals surface area contributed by atoms with Gasteiger partial charge in [-0.25, -0.2) is 0 Å². The molecule has 0 atom stereocenters. The first-order chi connectivity index (χ1) is 12.3. The van der Waals surface area contributed by atoms with E-state index in [2.05, 4.69) is 10.6 Å². The van der Waals surface area contributed by atoms with Crippen LogP contribution in [0.4, 0.5) is 17.1 Å². The maximum Gasteiger partial charge on any atom is 0.274 e. The summed E-state index contributed by atoms with van der Waals surface area (Å²) < 4.78 is 0. The lowest BCUT2D eigenvalue weighted by atomic mass is 10.1. The molecule has 2 aromatic rings. The van der Waals surface area contributed by atoms with E-state index in [1.54, 1.807) is 51.4 Å². The predicted molar refractivity (Wildman–Crippen MR) is 99.4 cm³/mol. The highest BCUT2D eigenvalue weighted by molar-refractivity contribution is 5.96. The molecule has 0 fully saturated rings. The average Bonchev–Trinajstić information content (AvgIpc) is 2.61. The van der Waals surface area contributed by atoms with Crippen LogP contribution in [0, 0.1) is 17.0 Å². The van der Waals surface area contributed by atoms with Crippen LogP contribution in [0.5, 0.6) is 0 Å². The number of nitro benzene ring substituents is 1. The van der Waals surface area contributed by atoms with Gasteiger partial charge in [-0.05, 0) is 31.2 Å². The Morgan fingerprint density at radius 1 is 1.15 bits per heavy atom. The third kappa shape index (κ3) is 4.56. The second-order valence-corrected chi connectivity index (χ2v) is 5.89. The minimum absolute atomic E-state index is 0.0399. The van der Waals surface area contributed by atoms with Crippen LogP contribution in [0.15, 0.2) is 42.5 Å². The van der Waals surface area contributed by atoms with Gasteiger partial charge in [0.05, 0.1) is 22.7 Å². The Bertz CT molecular complexity index is 849. The van der Waals surface area contributed by atoms with E-state index in [4.69, 9.17) is 0 Å². The largest absolute Gasteiger partial charge is 0.376 e. The zero-order chi connectivity index (χ0) is 19.3. The van der Waals surface area contributed by atoms with Gasteiger partial charge in [-0.15, -0.1) is 0 Å². The Hall–Kier alpha value is -3.42. The van der Waals surface area contributed by atoms with Crippen molar-refractivity contribution in [1.82, 2.24) is 4.90 Å². The molecule has 0 bridgehead atoms. The SMILES string of the molecule is Cc1c(NC(=O)CNc2cccc(C(=O)N(C)C)c2)cccc1[N+](=O)[O-]. The average molecular weight is 356 g/mol. The summed E-state index contributed by atoms with van der Waals surface area (Å²) in [6, 6.07) is 11.3. The summed E-state index contributed by atoms with van der Waals surface area (Å²) in [5.41, 5.74) is 1.87. The lowest BCUT2D eigenvalue weighted by Crippen LogP contribution is -2.23. The molecule has 8 heteroatoms. The fraction of sp³-hybridized carbons (Fsp3) is 0.222. The molecule has 2 rings (SSSR count). The predicted octanol–water partition coefficient (Wildman–Crippen LogP) is 2.66. The Morgan fingerprint density at radius 2 is 1.85 bits per heavy atom. The molecule has 8 nitrogen and oxygen atoms in total. The summed E-state index contributed by atoms with van der Waals surface area (Å²) in [4.78, 5) is 36.0. The highest BCUT2D eigenvalue weighted by Gasteiger charge is 2.15. The molecular weight excluding hydrogens is 336 g/mol. The first-order valence-corrected chi connectivity index (χ1v) is 7.89. The summed E-state index contributed by atoms with van der Waals surface area (Å²) in [5.74, 6) is -0.483. The smallest absolute Gasteiger partial charge is 0.274 e. The van der Waals surface area contributed by atoms with Crippen molar-refractivity contribution >= 4 is 28.9 Å². The number of rotatable bonds is 6. The maximum absolute atomic E-state index is 12.1.